The van der Waals surface area contributed by atoms with Gasteiger partial charge in [0.1, 0.15) is 6.04 Å². The number of Topliss-reactive ketones (excluding diaryl/α,β-unsaturated/α-hetero) is 1. The first-order valence-electron chi connectivity index (χ1n) is 9.61. The maximum atomic E-state index is 12.5. The van der Waals surface area contributed by atoms with Gasteiger partial charge < -0.3 is 19.9 Å². The number of carbonyl (C=O) groups is 2. The minimum atomic E-state index is -1.01. The quantitative estimate of drug-likeness (QED) is 0.816. The van der Waals surface area contributed by atoms with Crippen LogP contribution in [0.25, 0.3) is 10.9 Å². The van der Waals surface area contributed by atoms with Crippen molar-refractivity contribution >= 4 is 40.9 Å². The highest BCUT2D eigenvalue weighted by Crippen LogP contribution is 2.32. The molecular weight excluding hydrogens is 380 g/mol. The summed E-state index contributed by atoms with van der Waals surface area (Å²) in [5, 5.41) is 10.8. The van der Waals surface area contributed by atoms with Gasteiger partial charge in [-0.15, -0.1) is 12.4 Å². The smallest absolute Gasteiger partial charge is 0.408 e. The molecule has 1 aromatic carbocycles. The van der Waals surface area contributed by atoms with E-state index in [0.29, 0.717) is 19.6 Å². The first kappa shape index (κ1) is 20.5. The first-order valence-corrected chi connectivity index (χ1v) is 9.61. The highest BCUT2D eigenvalue weighted by molar-refractivity contribution is 5.94. The second kappa shape index (κ2) is 8.41. The summed E-state index contributed by atoms with van der Waals surface area (Å²) in [6, 6.07) is 7.26. The Morgan fingerprint density at radius 2 is 1.86 bits per heavy atom. The van der Waals surface area contributed by atoms with E-state index in [-0.39, 0.29) is 24.2 Å². The van der Waals surface area contributed by atoms with Gasteiger partial charge in [-0.3, -0.25) is 9.69 Å². The number of aromatic nitrogens is 1. The van der Waals surface area contributed by atoms with Crippen LogP contribution in [0.5, 0.6) is 0 Å². The van der Waals surface area contributed by atoms with Gasteiger partial charge in [-0.05, 0) is 38.9 Å². The van der Waals surface area contributed by atoms with Crippen LogP contribution < -0.4 is 4.90 Å². The van der Waals surface area contributed by atoms with Crippen LogP contribution in [-0.2, 0) is 4.79 Å². The fraction of sp³-hybridized carbons (Fsp3) is 0.500. The van der Waals surface area contributed by atoms with E-state index in [4.69, 9.17) is 0 Å². The van der Waals surface area contributed by atoms with E-state index in [1.807, 2.05) is 24.4 Å². The van der Waals surface area contributed by atoms with Gasteiger partial charge in [0.2, 0.25) is 0 Å². The van der Waals surface area contributed by atoms with Crippen LogP contribution in [0.4, 0.5) is 10.5 Å². The third-order valence-electron chi connectivity index (χ3n) is 5.87. The summed E-state index contributed by atoms with van der Waals surface area (Å²) in [7, 11) is 0. The van der Waals surface area contributed by atoms with Crippen molar-refractivity contribution in [3.05, 3.63) is 30.5 Å². The maximum absolute atomic E-state index is 12.5. The van der Waals surface area contributed by atoms with Crippen molar-refractivity contribution in [2.45, 2.75) is 31.8 Å². The molecule has 2 aromatic rings. The molecule has 2 aliphatic heterocycles. The van der Waals surface area contributed by atoms with E-state index >= 15 is 0 Å². The molecule has 3 heterocycles. The van der Waals surface area contributed by atoms with Crippen molar-refractivity contribution < 1.29 is 14.7 Å². The number of nitrogens with zero attached hydrogens (tertiary/aromatic N) is 3. The third-order valence-corrected chi connectivity index (χ3v) is 5.87. The van der Waals surface area contributed by atoms with Gasteiger partial charge in [-0.25, -0.2) is 4.79 Å². The molecule has 0 spiro atoms. The minimum Gasteiger partial charge on any atom is -0.465 e. The number of hydrogen-bond donors (Lipinski definition) is 2. The molecule has 0 radical (unpaired) electrons. The molecule has 7 nitrogen and oxygen atoms in total. The van der Waals surface area contributed by atoms with Crippen molar-refractivity contribution in [1.82, 2.24) is 14.8 Å². The van der Waals surface area contributed by atoms with Crippen molar-refractivity contribution in [1.29, 1.82) is 0 Å². The number of H-pyrrole nitrogens is 1. The van der Waals surface area contributed by atoms with Gasteiger partial charge in [0.05, 0.1) is 11.7 Å². The predicted octanol–water partition coefficient (Wildman–Crippen LogP) is 2.81. The largest absolute Gasteiger partial charge is 0.465 e. The van der Waals surface area contributed by atoms with Gasteiger partial charge in [0.15, 0.2) is 5.78 Å². The summed E-state index contributed by atoms with van der Waals surface area (Å²) in [6.45, 7) is 5.14. The van der Waals surface area contributed by atoms with Crippen LogP contribution in [0.3, 0.4) is 0 Å². The molecule has 2 unspecified atom stereocenters. The molecule has 0 aliphatic carbocycles. The topological polar surface area (TPSA) is 79.9 Å². The Kier molecular flexibility index (Phi) is 6.15. The molecule has 0 saturated carbocycles. The number of fused-ring (bicyclic) bond motifs is 1. The van der Waals surface area contributed by atoms with Crippen LogP contribution in [0.1, 0.15) is 19.8 Å². The number of rotatable bonds is 4. The van der Waals surface area contributed by atoms with Gasteiger partial charge >= 0.3 is 6.09 Å². The number of likely N-dealkylation sites (tertiary alicyclic amines) is 1. The molecule has 4 rings (SSSR count). The summed E-state index contributed by atoms with van der Waals surface area (Å²) >= 11 is 0. The van der Waals surface area contributed by atoms with Gasteiger partial charge in [0, 0.05) is 36.7 Å². The fourth-order valence-electron chi connectivity index (χ4n) is 4.62. The third kappa shape index (κ3) is 3.69. The molecule has 0 bridgehead atoms. The Hall–Kier alpha value is -2.25. The molecule has 2 N–H and O–H groups in total. The molecule has 2 aliphatic rings. The Labute approximate surface area is 170 Å². The molecule has 1 amide bonds. The van der Waals surface area contributed by atoms with Crippen molar-refractivity contribution in [3.63, 3.8) is 0 Å². The molecule has 2 saturated heterocycles. The Morgan fingerprint density at radius 1 is 1.14 bits per heavy atom. The number of piperazine rings is 1. The van der Waals surface area contributed by atoms with E-state index in [9.17, 15) is 14.7 Å². The average Bonchev–Trinajstić information content (AvgIpc) is 3.30. The van der Waals surface area contributed by atoms with Gasteiger partial charge in [-0.2, -0.15) is 0 Å². The summed E-state index contributed by atoms with van der Waals surface area (Å²) in [6.07, 6.45) is 3.29. The normalized spacial score (nSPS) is 23.0. The van der Waals surface area contributed by atoms with Crippen molar-refractivity contribution in [2.75, 3.05) is 37.6 Å². The average molecular weight is 407 g/mol. The second-order valence-electron chi connectivity index (χ2n) is 7.52. The standard InChI is InChI=1S/C20H26N4O3.ClH/c1-14(25)19-18(13-22-8-4-5-9-22)23(10-11-24(19)20(26)27)17-12-21-16-7-3-2-6-15(16)17;/h2-3,6-7,12,18-19,21H,4-5,8-11,13H2,1H3,(H,26,27);1H. The Bertz CT molecular complexity index is 849. The Morgan fingerprint density at radius 3 is 2.54 bits per heavy atom. The molecule has 8 heteroatoms. The van der Waals surface area contributed by atoms with Crippen molar-refractivity contribution in [3.8, 4) is 0 Å². The SMILES string of the molecule is CC(=O)C1C(CN2CCCC2)N(c2c[nH]c3ccccc23)CCN1C(=O)O.Cl. The lowest BCUT2D eigenvalue weighted by Crippen LogP contribution is -2.66. The number of aromatic amines is 1. The van der Waals surface area contributed by atoms with E-state index in [1.54, 1.807) is 0 Å². The highest BCUT2D eigenvalue weighted by atomic mass is 35.5. The highest BCUT2D eigenvalue weighted by Gasteiger charge is 2.43. The number of amides is 1. The lowest BCUT2D eigenvalue weighted by Gasteiger charge is -2.47. The van der Waals surface area contributed by atoms with Crippen LogP contribution in [-0.4, -0.2) is 76.6 Å². The number of hydrogen-bond acceptors (Lipinski definition) is 4. The zero-order valence-electron chi connectivity index (χ0n) is 16.0. The molecular formula is C20H27ClN4O3. The lowest BCUT2D eigenvalue weighted by atomic mass is 9.96. The zero-order chi connectivity index (χ0) is 19.0. The van der Waals surface area contributed by atoms with Crippen LogP contribution in [0.2, 0.25) is 0 Å². The van der Waals surface area contributed by atoms with E-state index < -0.39 is 12.1 Å². The van der Waals surface area contributed by atoms with Crippen LogP contribution in [0.15, 0.2) is 30.5 Å². The zero-order valence-corrected chi connectivity index (χ0v) is 16.8. The number of carboxylic acid groups (broad SMARTS) is 1. The molecule has 1 aromatic heterocycles. The first-order chi connectivity index (χ1) is 13.1. The summed E-state index contributed by atoms with van der Waals surface area (Å²) < 4.78 is 0. The fourth-order valence-corrected chi connectivity index (χ4v) is 4.62. The van der Waals surface area contributed by atoms with E-state index in [0.717, 1.165) is 42.5 Å². The summed E-state index contributed by atoms with van der Waals surface area (Å²) in [4.78, 5) is 33.5. The predicted molar refractivity (Wildman–Crippen MR) is 112 cm³/mol. The van der Waals surface area contributed by atoms with Crippen LogP contribution in [0, 0.1) is 0 Å². The number of benzene rings is 1. The van der Waals surface area contributed by atoms with E-state index in [1.165, 1.54) is 11.8 Å². The maximum Gasteiger partial charge on any atom is 0.408 e. The number of ketones is 1. The Balaban J connectivity index is 0.00000225. The summed E-state index contributed by atoms with van der Waals surface area (Å²) in [5.41, 5.74) is 2.10. The van der Waals surface area contributed by atoms with Crippen LogP contribution >= 0.6 is 12.4 Å². The second-order valence-corrected chi connectivity index (χ2v) is 7.52. The monoisotopic (exact) mass is 406 g/mol. The number of nitrogens with one attached hydrogen (secondary N) is 1. The molecule has 28 heavy (non-hydrogen) atoms. The number of anilines is 1. The summed E-state index contributed by atoms with van der Waals surface area (Å²) in [5.74, 6) is -0.0915. The number of carbonyl (C=O) groups excluding carboxylic acids is 1. The van der Waals surface area contributed by atoms with Crippen molar-refractivity contribution in [2.24, 2.45) is 0 Å². The van der Waals surface area contributed by atoms with Gasteiger partial charge in [-0.1, -0.05) is 18.2 Å². The lowest BCUT2D eigenvalue weighted by molar-refractivity contribution is -0.123. The van der Waals surface area contributed by atoms with Gasteiger partial charge in [0.25, 0.3) is 0 Å². The van der Waals surface area contributed by atoms with E-state index in [2.05, 4.69) is 20.9 Å². The number of halogens is 1. The molecule has 152 valence electrons. The molecule has 2 atom stereocenters. The number of para-hydroxylation sites is 1. The minimum absolute atomic E-state index is 0. The molecule has 2 fully saturated rings.